The predicted molar refractivity (Wildman–Crippen MR) is 159 cm³/mol. The number of carbonyl (C=O) groups excluding carboxylic acids is 1. The molecule has 0 fully saturated rings. The second kappa shape index (κ2) is 16.0. The van der Waals surface area contributed by atoms with Crippen molar-refractivity contribution in [3.8, 4) is 11.4 Å². The third kappa shape index (κ3) is 8.13. The minimum atomic E-state index is -0.162. The predicted octanol–water partition coefficient (Wildman–Crippen LogP) is 7.32. The van der Waals surface area contributed by atoms with E-state index in [1.807, 2.05) is 58.9 Å². The first-order chi connectivity index (χ1) is 18.8. The summed E-state index contributed by atoms with van der Waals surface area (Å²) in [5, 5.41) is 7.68. The minimum absolute atomic E-state index is 0.162. The monoisotopic (exact) mass is 555 g/mol. The van der Waals surface area contributed by atoms with Crippen LogP contribution in [0.5, 0.6) is 0 Å². The molecule has 9 heteroatoms. The Balaban J connectivity index is 0.00000260. The van der Waals surface area contributed by atoms with E-state index in [4.69, 9.17) is 25.9 Å². The summed E-state index contributed by atoms with van der Waals surface area (Å²) in [5.74, 6) is 2.07. The number of unbranched alkanes of at least 4 members (excludes halogenated alkanes) is 1. The number of carbonyl (C=O) groups is 1. The Kier molecular flexibility index (Phi) is 13.1. The fraction of sp³-hybridized carbons (Fsp3) is 0.467. The third-order valence-electron chi connectivity index (χ3n) is 6.10. The van der Waals surface area contributed by atoms with Crippen molar-refractivity contribution >= 4 is 28.9 Å². The molecule has 0 atom stereocenters. The number of amides is 1. The zero-order valence-corrected chi connectivity index (χ0v) is 25.3. The highest BCUT2D eigenvalue weighted by Gasteiger charge is 2.31. The Morgan fingerprint density at radius 2 is 2.00 bits per heavy atom. The Morgan fingerprint density at radius 1 is 1.26 bits per heavy atom. The molecule has 2 heterocycles. The highest BCUT2D eigenvalue weighted by molar-refractivity contribution is 6.37. The van der Waals surface area contributed by atoms with Crippen LogP contribution in [-0.2, 0) is 9.53 Å². The van der Waals surface area contributed by atoms with Crippen molar-refractivity contribution in [2.45, 2.75) is 74.7 Å². The lowest BCUT2D eigenvalue weighted by Gasteiger charge is -2.30. The van der Waals surface area contributed by atoms with Crippen LogP contribution in [0.25, 0.3) is 17.0 Å². The van der Waals surface area contributed by atoms with Gasteiger partial charge in [0, 0.05) is 47.4 Å². The molecule has 212 valence electrons. The number of halogens is 1. The van der Waals surface area contributed by atoms with Crippen molar-refractivity contribution in [2.75, 3.05) is 19.9 Å². The van der Waals surface area contributed by atoms with Gasteiger partial charge in [0.1, 0.15) is 18.4 Å². The first-order valence-corrected chi connectivity index (χ1v) is 14.1. The standard InChI is InChI=1S/C28H36ClN5O3.C2H6/c1-7-11-14-36-17-30-25(18(5)8-2)32-27-20(9-3)15-23(28(35)34(27)10-4)22-13-12-21(16-24(22)29)26-31-19(6)37-33-26;1-2/h9,12-13,15-16,30H,7-8,10-11,14,17H2,1-6H3;1-2H3/b20-9-,25-18+,32-27+;. The van der Waals surface area contributed by atoms with E-state index in [2.05, 4.69) is 29.3 Å². The molecule has 3 rings (SSSR count). The molecule has 0 unspecified atom stereocenters. The van der Waals surface area contributed by atoms with Crippen molar-refractivity contribution in [2.24, 2.45) is 4.99 Å². The van der Waals surface area contributed by atoms with Gasteiger partial charge >= 0.3 is 0 Å². The first kappa shape index (κ1) is 32.0. The van der Waals surface area contributed by atoms with Crippen LogP contribution < -0.4 is 5.32 Å². The van der Waals surface area contributed by atoms with E-state index in [1.54, 1.807) is 17.9 Å². The Hall–Kier alpha value is -3.23. The maximum atomic E-state index is 13.7. The molecule has 8 nitrogen and oxygen atoms in total. The SMILES string of the molecule is C/C=C1/C=C(c2ccc(-c3noc(C)n3)cc2Cl)C(=O)N(CC)/C1=N/C(NCOCCCC)=C(\C)CC.CC. The molecule has 0 bridgehead atoms. The van der Waals surface area contributed by atoms with Crippen LogP contribution in [0.2, 0.25) is 5.02 Å². The largest absolute Gasteiger partial charge is 0.361 e. The number of aromatic nitrogens is 2. The number of ether oxygens (including phenoxy) is 1. The lowest BCUT2D eigenvalue weighted by atomic mass is 9.95. The summed E-state index contributed by atoms with van der Waals surface area (Å²) in [6.45, 7) is 17.3. The maximum absolute atomic E-state index is 13.7. The summed E-state index contributed by atoms with van der Waals surface area (Å²) < 4.78 is 10.8. The molecule has 1 aliphatic heterocycles. The third-order valence-corrected chi connectivity index (χ3v) is 6.41. The average molecular weight is 556 g/mol. The summed E-state index contributed by atoms with van der Waals surface area (Å²) in [6, 6.07) is 5.40. The van der Waals surface area contributed by atoms with Crippen molar-refractivity contribution < 1.29 is 14.1 Å². The topological polar surface area (TPSA) is 92.9 Å². The summed E-state index contributed by atoms with van der Waals surface area (Å²) in [7, 11) is 0. The van der Waals surface area contributed by atoms with Gasteiger partial charge in [-0.1, -0.05) is 69.1 Å². The number of rotatable bonds is 11. The lowest BCUT2D eigenvalue weighted by molar-refractivity contribution is -0.121. The molecular formula is C30H42ClN5O3. The summed E-state index contributed by atoms with van der Waals surface area (Å²) >= 11 is 6.66. The van der Waals surface area contributed by atoms with Gasteiger partial charge in [0.2, 0.25) is 11.7 Å². The van der Waals surface area contributed by atoms with Crippen molar-refractivity contribution in [1.82, 2.24) is 20.4 Å². The van der Waals surface area contributed by atoms with E-state index in [0.717, 1.165) is 30.4 Å². The zero-order valence-electron chi connectivity index (χ0n) is 24.5. The fourth-order valence-corrected chi connectivity index (χ4v) is 4.07. The Morgan fingerprint density at radius 3 is 2.56 bits per heavy atom. The lowest BCUT2D eigenvalue weighted by Crippen LogP contribution is -2.41. The van der Waals surface area contributed by atoms with Crippen LogP contribution in [0.3, 0.4) is 0 Å². The number of nitrogens with zero attached hydrogens (tertiary/aromatic N) is 4. The van der Waals surface area contributed by atoms with E-state index >= 15 is 0 Å². The molecule has 2 aromatic rings. The van der Waals surface area contributed by atoms with Gasteiger partial charge in [-0.25, -0.2) is 4.99 Å². The van der Waals surface area contributed by atoms with Crippen molar-refractivity contribution in [3.63, 3.8) is 0 Å². The summed E-state index contributed by atoms with van der Waals surface area (Å²) in [4.78, 5) is 24.5. The van der Waals surface area contributed by atoms with E-state index in [1.165, 1.54) is 0 Å². The number of hydrogen-bond donors (Lipinski definition) is 1. The van der Waals surface area contributed by atoms with Gasteiger partial charge in [-0.3, -0.25) is 9.69 Å². The molecule has 0 saturated carbocycles. The van der Waals surface area contributed by atoms with E-state index in [-0.39, 0.29) is 5.91 Å². The van der Waals surface area contributed by atoms with E-state index < -0.39 is 0 Å². The number of likely N-dealkylation sites (N-methyl/N-ethyl adjacent to an activating group) is 1. The molecule has 1 aromatic heterocycles. The summed E-state index contributed by atoms with van der Waals surface area (Å²) in [5.41, 5.74) is 3.77. The van der Waals surface area contributed by atoms with Gasteiger partial charge in [0.25, 0.3) is 5.91 Å². The summed E-state index contributed by atoms with van der Waals surface area (Å²) in [6.07, 6.45) is 6.71. The number of aliphatic imine (C=N–C) groups is 1. The van der Waals surface area contributed by atoms with E-state index in [9.17, 15) is 4.79 Å². The van der Waals surface area contributed by atoms with E-state index in [0.29, 0.717) is 65.0 Å². The average Bonchev–Trinajstić information content (AvgIpc) is 3.39. The van der Waals surface area contributed by atoms with Gasteiger partial charge in [-0.15, -0.1) is 0 Å². The fourth-order valence-electron chi connectivity index (χ4n) is 3.79. The molecular weight excluding hydrogens is 514 g/mol. The number of benzene rings is 1. The molecule has 0 aliphatic carbocycles. The minimum Gasteiger partial charge on any atom is -0.361 e. The highest BCUT2D eigenvalue weighted by Crippen LogP contribution is 2.33. The van der Waals surface area contributed by atoms with Crippen LogP contribution >= 0.6 is 11.6 Å². The molecule has 39 heavy (non-hydrogen) atoms. The first-order valence-electron chi connectivity index (χ1n) is 13.7. The number of hydrogen-bond acceptors (Lipinski definition) is 7. The van der Waals surface area contributed by atoms with Crippen LogP contribution in [0.4, 0.5) is 0 Å². The van der Waals surface area contributed by atoms with Gasteiger partial charge < -0.3 is 14.6 Å². The number of nitrogens with one attached hydrogen (secondary N) is 1. The molecule has 1 N–H and O–H groups in total. The van der Waals surface area contributed by atoms with Gasteiger partial charge in [-0.2, -0.15) is 4.98 Å². The van der Waals surface area contributed by atoms with Gasteiger partial charge in [0.05, 0.1) is 0 Å². The van der Waals surface area contributed by atoms with Crippen LogP contribution in [0.1, 0.15) is 79.2 Å². The normalized spacial score (nSPS) is 16.2. The second-order valence-electron chi connectivity index (χ2n) is 8.68. The van der Waals surface area contributed by atoms with Crippen LogP contribution in [0, 0.1) is 6.92 Å². The highest BCUT2D eigenvalue weighted by atomic mass is 35.5. The van der Waals surface area contributed by atoms with Crippen LogP contribution in [0.15, 0.2) is 56.8 Å². The molecule has 1 aliphatic rings. The molecule has 1 amide bonds. The molecule has 0 radical (unpaired) electrons. The smallest absolute Gasteiger partial charge is 0.260 e. The van der Waals surface area contributed by atoms with Crippen molar-refractivity contribution in [3.05, 3.63) is 63.8 Å². The Bertz CT molecular complexity index is 1240. The van der Waals surface area contributed by atoms with Crippen molar-refractivity contribution in [1.29, 1.82) is 0 Å². The Labute approximate surface area is 237 Å². The molecule has 0 saturated heterocycles. The maximum Gasteiger partial charge on any atom is 0.260 e. The van der Waals surface area contributed by atoms with Gasteiger partial charge in [-0.05, 0) is 51.3 Å². The molecule has 1 aromatic carbocycles. The number of aryl methyl sites for hydroxylation is 1. The number of amidine groups is 1. The second-order valence-corrected chi connectivity index (χ2v) is 9.09. The zero-order chi connectivity index (χ0) is 28.9. The molecule has 0 spiro atoms. The quantitative estimate of drug-likeness (QED) is 0.230. The van der Waals surface area contributed by atoms with Gasteiger partial charge in [0.15, 0.2) is 0 Å². The number of allylic oxidation sites excluding steroid dienone is 2. The van der Waals surface area contributed by atoms with Crippen LogP contribution in [-0.4, -0.2) is 46.7 Å².